The summed E-state index contributed by atoms with van der Waals surface area (Å²) in [5.74, 6) is 0.597. The zero-order valence-corrected chi connectivity index (χ0v) is 24.8. The Kier molecular flexibility index (Phi) is 8.19. The van der Waals surface area contributed by atoms with E-state index in [0.29, 0.717) is 17.4 Å². The molecule has 1 aromatic heterocycles. The monoisotopic (exact) mass is 534 g/mol. The molecule has 4 rings (SSSR count). The van der Waals surface area contributed by atoms with Crippen molar-refractivity contribution in [3.63, 3.8) is 0 Å². The first-order valence-electron chi connectivity index (χ1n) is 13.0. The SMILES string of the molecule is CC(C)Oc1ccc(-c2nnc(-c3cccc4c3CC[C@@H]4NCCO[Si](C)(C)C(C)(C)C)s2)cc1C#N. The Bertz CT molecular complexity index is 1290. The predicted octanol–water partition coefficient (Wildman–Crippen LogP) is 7.13. The zero-order valence-electron chi connectivity index (χ0n) is 23.0. The van der Waals surface area contributed by atoms with Crippen LogP contribution in [0.1, 0.15) is 63.8 Å². The van der Waals surface area contributed by atoms with Crippen LogP contribution in [-0.4, -0.2) is 37.8 Å². The summed E-state index contributed by atoms with van der Waals surface area (Å²) in [7, 11) is -1.73. The Morgan fingerprint density at radius 3 is 2.62 bits per heavy atom. The van der Waals surface area contributed by atoms with Gasteiger partial charge in [0.2, 0.25) is 0 Å². The minimum Gasteiger partial charge on any atom is -0.490 e. The van der Waals surface area contributed by atoms with E-state index in [-0.39, 0.29) is 11.1 Å². The summed E-state index contributed by atoms with van der Waals surface area (Å²) in [6.07, 6.45) is 2.09. The zero-order chi connectivity index (χ0) is 26.8. The predicted molar refractivity (Wildman–Crippen MR) is 153 cm³/mol. The van der Waals surface area contributed by atoms with Gasteiger partial charge in [-0.1, -0.05) is 50.3 Å². The van der Waals surface area contributed by atoms with Gasteiger partial charge in [-0.05, 0) is 74.1 Å². The first-order chi connectivity index (χ1) is 17.5. The Balaban J connectivity index is 1.47. The summed E-state index contributed by atoms with van der Waals surface area (Å²) in [6, 6.07) is 14.7. The number of rotatable bonds is 9. The molecule has 0 saturated carbocycles. The number of ether oxygens (including phenoxy) is 1. The van der Waals surface area contributed by atoms with Crippen LogP contribution in [0.2, 0.25) is 18.1 Å². The van der Waals surface area contributed by atoms with Crippen LogP contribution in [0.5, 0.6) is 5.75 Å². The van der Waals surface area contributed by atoms with E-state index in [1.807, 2.05) is 32.0 Å². The van der Waals surface area contributed by atoms with E-state index in [9.17, 15) is 5.26 Å². The highest BCUT2D eigenvalue weighted by atomic mass is 32.1. The first-order valence-corrected chi connectivity index (χ1v) is 16.8. The fourth-order valence-electron chi connectivity index (χ4n) is 4.38. The summed E-state index contributed by atoms with van der Waals surface area (Å²) in [5, 5.41) is 24.3. The lowest BCUT2D eigenvalue weighted by molar-refractivity contribution is 0.242. The molecule has 8 heteroatoms. The standard InChI is InChI=1S/C29H38N4O2SSi/c1-19(2)35-26-14-11-20(17-21(26)18-30)27-32-33-28(36-27)24-10-8-9-23-22(24)12-13-25(23)31-15-16-34-37(6,7)29(3,4)5/h8-11,14,17,19,25,31H,12-13,15-16H2,1-7H3/t25-/m0/s1. The van der Waals surface area contributed by atoms with Crippen LogP contribution in [0.4, 0.5) is 0 Å². The summed E-state index contributed by atoms with van der Waals surface area (Å²) in [5.41, 5.74) is 5.25. The molecule has 0 spiro atoms. The van der Waals surface area contributed by atoms with Crippen molar-refractivity contribution in [3.05, 3.63) is 53.1 Å². The van der Waals surface area contributed by atoms with Gasteiger partial charge in [0.05, 0.1) is 11.7 Å². The van der Waals surface area contributed by atoms with Gasteiger partial charge in [0, 0.05) is 30.3 Å². The van der Waals surface area contributed by atoms with Gasteiger partial charge in [-0.25, -0.2) is 0 Å². The van der Waals surface area contributed by atoms with Crippen molar-refractivity contribution in [1.29, 1.82) is 5.26 Å². The lowest BCUT2D eigenvalue weighted by Gasteiger charge is -2.36. The second-order valence-electron chi connectivity index (χ2n) is 11.4. The number of nitrogens with zero attached hydrogens (tertiary/aromatic N) is 3. The van der Waals surface area contributed by atoms with Crippen LogP contribution in [0, 0.1) is 11.3 Å². The number of aromatic nitrogens is 2. The van der Waals surface area contributed by atoms with Gasteiger partial charge >= 0.3 is 0 Å². The van der Waals surface area contributed by atoms with Crippen LogP contribution in [0.3, 0.4) is 0 Å². The second kappa shape index (κ2) is 11.0. The molecule has 3 aromatic rings. The highest BCUT2D eigenvalue weighted by Crippen LogP contribution is 2.40. The molecule has 6 nitrogen and oxygen atoms in total. The highest BCUT2D eigenvalue weighted by Gasteiger charge is 2.37. The third-order valence-electron chi connectivity index (χ3n) is 7.40. The number of benzene rings is 2. The van der Waals surface area contributed by atoms with Crippen LogP contribution >= 0.6 is 11.3 Å². The van der Waals surface area contributed by atoms with Gasteiger partial charge in [-0.2, -0.15) is 5.26 Å². The number of hydrogen-bond acceptors (Lipinski definition) is 7. The molecule has 0 saturated heterocycles. The van der Waals surface area contributed by atoms with E-state index in [0.717, 1.165) is 47.1 Å². The quantitative estimate of drug-likeness (QED) is 0.232. The maximum absolute atomic E-state index is 9.59. The van der Waals surface area contributed by atoms with Crippen molar-refractivity contribution in [1.82, 2.24) is 15.5 Å². The number of hydrogen-bond donors (Lipinski definition) is 1. The topological polar surface area (TPSA) is 80.1 Å². The Morgan fingerprint density at radius 2 is 1.92 bits per heavy atom. The third-order valence-corrected chi connectivity index (χ3v) is 12.9. The molecule has 196 valence electrons. The van der Waals surface area contributed by atoms with E-state index in [4.69, 9.17) is 9.16 Å². The molecule has 37 heavy (non-hydrogen) atoms. The van der Waals surface area contributed by atoms with Crippen molar-refractivity contribution in [2.75, 3.05) is 13.2 Å². The Morgan fingerprint density at radius 1 is 1.16 bits per heavy atom. The summed E-state index contributed by atoms with van der Waals surface area (Å²) in [4.78, 5) is 0. The fourth-order valence-corrected chi connectivity index (χ4v) is 6.32. The molecule has 2 aromatic carbocycles. The van der Waals surface area contributed by atoms with Crippen LogP contribution in [-0.2, 0) is 10.8 Å². The highest BCUT2D eigenvalue weighted by molar-refractivity contribution is 7.17. The van der Waals surface area contributed by atoms with E-state index < -0.39 is 8.32 Å². The van der Waals surface area contributed by atoms with Crippen molar-refractivity contribution in [2.45, 2.75) is 77.7 Å². The molecule has 0 fully saturated rings. The molecule has 1 N–H and O–H groups in total. The van der Waals surface area contributed by atoms with E-state index in [1.54, 1.807) is 11.3 Å². The summed E-state index contributed by atoms with van der Waals surface area (Å²) < 4.78 is 12.1. The molecule has 0 unspecified atom stereocenters. The molecular formula is C29H38N4O2SSi. The van der Waals surface area contributed by atoms with Gasteiger partial charge < -0.3 is 14.5 Å². The smallest absolute Gasteiger partial charge is 0.192 e. The largest absolute Gasteiger partial charge is 0.490 e. The Labute approximate surface area is 226 Å². The third kappa shape index (κ3) is 6.12. The van der Waals surface area contributed by atoms with Crippen molar-refractivity contribution < 1.29 is 9.16 Å². The van der Waals surface area contributed by atoms with Crippen molar-refractivity contribution in [3.8, 4) is 33.0 Å². The molecule has 0 radical (unpaired) electrons. The minimum atomic E-state index is -1.73. The molecule has 1 aliphatic rings. The summed E-state index contributed by atoms with van der Waals surface area (Å²) in [6.45, 7) is 16.9. The lowest BCUT2D eigenvalue weighted by Crippen LogP contribution is -2.42. The number of fused-ring (bicyclic) bond motifs is 1. The first kappa shape index (κ1) is 27.5. The van der Waals surface area contributed by atoms with E-state index in [2.05, 4.69) is 73.6 Å². The van der Waals surface area contributed by atoms with Crippen LogP contribution < -0.4 is 10.1 Å². The Hall–Kier alpha value is -2.57. The van der Waals surface area contributed by atoms with Gasteiger partial charge in [-0.15, -0.1) is 10.2 Å². The normalized spacial score (nSPS) is 15.6. The molecule has 1 atom stereocenters. The molecule has 0 amide bonds. The molecule has 1 heterocycles. The van der Waals surface area contributed by atoms with E-state index in [1.165, 1.54) is 11.1 Å². The van der Waals surface area contributed by atoms with Crippen molar-refractivity contribution >= 4 is 19.7 Å². The van der Waals surface area contributed by atoms with Crippen LogP contribution in [0.15, 0.2) is 36.4 Å². The molecular weight excluding hydrogens is 496 g/mol. The maximum Gasteiger partial charge on any atom is 0.192 e. The number of nitrogens with one attached hydrogen (secondary N) is 1. The van der Waals surface area contributed by atoms with Gasteiger partial charge in [0.15, 0.2) is 8.32 Å². The molecule has 0 bridgehead atoms. The van der Waals surface area contributed by atoms with Gasteiger partial charge in [-0.3, -0.25) is 0 Å². The second-order valence-corrected chi connectivity index (χ2v) is 17.2. The fraction of sp³-hybridized carbons (Fsp3) is 0.483. The summed E-state index contributed by atoms with van der Waals surface area (Å²) >= 11 is 1.56. The van der Waals surface area contributed by atoms with Crippen LogP contribution in [0.25, 0.3) is 21.1 Å². The van der Waals surface area contributed by atoms with Gasteiger partial charge in [0.25, 0.3) is 0 Å². The average Bonchev–Trinajstić information content (AvgIpc) is 3.49. The average molecular weight is 535 g/mol. The number of nitriles is 1. The van der Waals surface area contributed by atoms with E-state index >= 15 is 0 Å². The van der Waals surface area contributed by atoms with Crippen molar-refractivity contribution in [2.24, 2.45) is 0 Å². The molecule has 0 aliphatic heterocycles. The maximum atomic E-state index is 9.59. The van der Waals surface area contributed by atoms with Gasteiger partial charge in [0.1, 0.15) is 21.8 Å². The lowest BCUT2D eigenvalue weighted by atomic mass is 10.0. The molecule has 1 aliphatic carbocycles. The minimum absolute atomic E-state index is 0.00860.